The van der Waals surface area contributed by atoms with E-state index in [0.29, 0.717) is 18.1 Å². The van der Waals surface area contributed by atoms with Gasteiger partial charge in [-0.25, -0.2) is 19.7 Å². The van der Waals surface area contributed by atoms with Crippen molar-refractivity contribution in [1.29, 1.82) is 0 Å². The molecule has 1 aliphatic heterocycles. The minimum Gasteiger partial charge on any atom is -0.355 e. The molecular weight excluding hydrogens is 342 g/mol. The first-order chi connectivity index (χ1) is 11.9. The molecule has 1 N–H and O–H groups in total. The highest BCUT2D eigenvalue weighted by atomic mass is 32.2. The van der Waals surface area contributed by atoms with Gasteiger partial charge in [0.2, 0.25) is 0 Å². The molecule has 1 aliphatic rings. The molecule has 2 aromatic heterocycles. The minimum atomic E-state index is -3.33. The van der Waals surface area contributed by atoms with Crippen molar-refractivity contribution >= 4 is 27.2 Å². The van der Waals surface area contributed by atoms with E-state index in [9.17, 15) is 8.42 Å². The smallest absolute Gasteiger partial charge is 0.278 e. The number of anilines is 1. The van der Waals surface area contributed by atoms with Crippen LogP contribution >= 0.6 is 0 Å². The fraction of sp³-hybridized carbons (Fsp3) is 0.667. The normalized spacial score (nSPS) is 16.9. The molecule has 1 saturated heterocycles. The molecule has 2 aromatic rings. The Morgan fingerprint density at radius 3 is 2.68 bits per heavy atom. The largest absolute Gasteiger partial charge is 0.355 e. The standard InChI is InChI=1S/C15H25N7O2S/c1-16-25(23,24)21(3)7-4-12-5-8-22(9-6-12)15-13-14(17-10-18-15)19-11-20(13)2/h10-12,16H,4-9H2,1-3H3. The van der Waals surface area contributed by atoms with Crippen LogP contribution in [0.4, 0.5) is 5.82 Å². The van der Waals surface area contributed by atoms with Gasteiger partial charge < -0.3 is 9.47 Å². The van der Waals surface area contributed by atoms with Crippen LogP contribution in [0.5, 0.6) is 0 Å². The first-order valence-electron chi connectivity index (χ1n) is 8.44. The Labute approximate surface area is 148 Å². The molecule has 3 rings (SSSR count). The lowest BCUT2D eigenvalue weighted by Crippen LogP contribution is -2.39. The second-order valence-electron chi connectivity index (χ2n) is 6.47. The summed E-state index contributed by atoms with van der Waals surface area (Å²) in [6.07, 6.45) is 6.24. The van der Waals surface area contributed by atoms with Crippen molar-refractivity contribution in [3.63, 3.8) is 0 Å². The van der Waals surface area contributed by atoms with Gasteiger partial charge in [0, 0.05) is 40.8 Å². The van der Waals surface area contributed by atoms with E-state index in [2.05, 4.69) is 24.6 Å². The summed E-state index contributed by atoms with van der Waals surface area (Å²) in [5.74, 6) is 1.45. The summed E-state index contributed by atoms with van der Waals surface area (Å²) in [5.41, 5.74) is 1.68. The lowest BCUT2D eigenvalue weighted by molar-refractivity contribution is 0.343. The Kier molecular flexibility index (Phi) is 5.21. The van der Waals surface area contributed by atoms with Gasteiger partial charge in [0.05, 0.1) is 6.33 Å². The molecule has 0 radical (unpaired) electrons. The first kappa shape index (κ1) is 18.0. The van der Waals surface area contributed by atoms with Crippen molar-refractivity contribution in [2.75, 3.05) is 38.6 Å². The summed E-state index contributed by atoms with van der Waals surface area (Å²) in [4.78, 5) is 15.2. The van der Waals surface area contributed by atoms with Crippen LogP contribution in [-0.2, 0) is 17.3 Å². The van der Waals surface area contributed by atoms with E-state index in [1.54, 1.807) is 19.7 Å². The van der Waals surface area contributed by atoms with Gasteiger partial charge in [-0.3, -0.25) is 0 Å². The number of piperidine rings is 1. The third kappa shape index (κ3) is 3.75. The van der Waals surface area contributed by atoms with E-state index < -0.39 is 10.2 Å². The van der Waals surface area contributed by atoms with E-state index in [0.717, 1.165) is 43.7 Å². The number of aromatic nitrogens is 4. The van der Waals surface area contributed by atoms with E-state index in [-0.39, 0.29) is 0 Å². The van der Waals surface area contributed by atoms with Gasteiger partial charge in [-0.1, -0.05) is 0 Å². The van der Waals surface area contributed by atoms with Gasteiger partial charge in [-0.2, -0.15) is 12.7 Å². The number of imidazole rings is 1. The minimum absolute atomic E-state index is 0.523. The Morgan fingerprint density at radius 1 is 1.28 bits per heavy atom. The lowest BCUT2D eigenvalue weighted by Gasteiger charge is -2.33. The molecule has 9 nitrogen and oxygen atoms in total. The zero-order chi connectivity index (χ0) is 18.0. The molecule has 25 heavy (non-hydrogen) atoms. The number of rotatable bonds is 6. The zero-order valence-electron chi connectivity index (χ0n) is 14.9. The van der Waals surface area contributed by atoms with Gasteiger partial charge in [0.1, 0.15) is 11.8 Å². The van der Waals surface area contributed by atoms with Gasteiger partial charge in [-0.05, 0) is 25.2 Å². The van der Waals surface area contributed by atoms with E-state index in [1.165, 1.54) is 11.4 Å². The number of hydrogen-bond donors (Lipinski definition) is 1. The fourth-order valence-corrected chi connectivity index (χ4v) is 3.93. The van der Waals surface area contributed by atoms with E-state index in [1.807, 2.05) is 11.6 Å². The summed E-state index contributed by atoms with van der Waals surface area (Å²) in [6, 6.07) is 0. The van der Waals surface area contributed by atoms with Gasteiger partial charge in [-0.15, -0.1) is 0 Å². The summed E-state index contributed by atoms with van der Waals surface area (Å²) >= 11 is 0. The molecule has 138 valence electrons. The molecular formula is C15H25N7O2S. The maximum atomic E-state index is 11.7. The van der Waals surface area contributed by atoms with Gasteiger partial charge in [0.15, 0.2) is 11.5 Å². The molecule has 0 bridgehead atoms. The van der Waals surface area contributed by atoms with Gasteiger partial charge >= 0.3 is 0 Å². The van der Waals surface area contributed by atoms with Crippen LogP contribution in [0.15, 0.2) is 12.7 Å². The SMILES string of the molecule is CNS(=O)(=O)N(C)CCC1CCN(c2ncnc3ncn(C)c23)CC1. The average Bonchev–Trinajstić information content (AvgIpc) is 3.01. The van der Waals surface area contributed by atoms with Crippen LogP contribution in [-0.4, -0.2) is 66.0 Å². The third-order valence-electron chi connectivity index (χ3n) is 4.92. The average molecular weight is 367 g/mol. The zero-order valence-corrected chi connectivity index (χ0v) is 15.7. The van der Waals surface area contributed by atoms with Crippen molar-refractivity contribution in [3.05, 3.63) is 12.7 Å². The predicted molar refractivity (Wildman–Crippen MR) is 96.5 cm³/mol. The van der Waals surface area contributed by atoms with Crippen LogP contribution in [0, 0.1) is 5.92 Å². The van der Waals surface area contributed by atoms with Crippen molar-refractivity contribution in [2.45, 2.75) is 19.3 Å². The molecule has 0 aromatic carbocycles. The maximum absolute atomic E-state index is 11.7. The second kappa shape index (κ2) is 7.22. The summed E-state index contributed by atoms with van der Waals surface area (Å²) in [7, 11) is 1.67. The third-order valence-corrected chi connectivity index (χ3v) is 6.44. The Morgan fingerprint density at radius 2 is 2.00 bits per heavy atom. The maximum Gasteiger partial charge on any atom is 0.278 e. The molecule has 0 spiro atoms. The number of aryl methyl sites for hydroxylation is 1. The predicted octanol–water partition coefficient (Wildman–Crippen LogP) is 0.366. The molecule has 10 heteroatoms. The highest BCUT2D eigenvalue weighted by molar-refractivity contribution is 7.87. The van der Waals surface area contributed by atoms with Crippen molar-refractivity contribution < 1.29 is 8.42 Å². The first-order valence-corrected chi connectivity index (χ1v) is 9.88. The highest BCUT2D eigenvalue weighted by Crippen LogP contribution is 2.28. The molecule has 0 aliphatic carbocycles. The van der Waals surface area contributed by atoms with Crippen LogP contribution in [0.1, 0.15) is 19.3 Å². The number of nitrogens with zero attached hydrogens (tertiary/aromatic N) is 6. The van der Waals surface area contributed by atoms with Crippen molar-refractivity contribution in [2.24, 2.45) is 13.0 Å². The lowest BCUT2D eigenvalue weighted by atomic mass is 9.93. The van der Waals surface area contributed by atoms with Crippen LogP contribution in [0.3, 0.4) is 0 Å². The van der Waals surface area contributed by atoms with Gasteiger partial charge in [0.25, 0.3) is 10.2 Å². The van der Waals surface area contributed by atoms with E-state index >= 15 is 0 Å². The summed E-state index contributed by atoms with van der Waals surface area (Å²) < 4.78 is 29.1. The summed E-state index contributed by atoms with van der Waals surface area (Å²) in [6.45, 7) is 2.35. The molecule has 0 saturated carbocycles. The molecule has 0 amide bonds. The number of nitrogens with one attached hydrogen (secondary N) is 1. The topological polar surface area (TPSA) is 96.2 Å². The van der Waals surface area contributed by atoms with Crippen molar-refractivity contribution in [3.8, 4) is 0 Å². The van der Waals surface area contributed by atoms with Crippen LogP contribution in [0.25, 0.3) is 11.2 Å². The molecule has 0 atom stereocenters. The quantitative estimate of drug-likeness (QED) is 0.792. The molecule has 1 fully saturated rings. The van der Waals surface area contributed by atoms with Crippen molar-refractivity contribution in [1.82, 2.24) is 28.5 Å². The Bertz CT molecular complexity index is 828. The van der Waals surface area contributed by atoms with Crippen LogP contribution < -0.4 is 9.62 Å². The Hall–Kier alpha value is -1.78. The van der Waals surface area contributed by atoms with Crippen LogP contribution in [0.2, 0.25) is 0 Å². The molecule has 3 heterocycles. The summed E-state index contributed by atoms with van der Waals surface area (Å²) in [5, 5.41) is 0. The van der Waals surface area contributed by atoms with E-state index in [4.69, 9.17) is 0 Å². The highest BCUT2D eigenvalue weighted by Gasteiger charge is 2.24. The monoisotopic (exact) mass is 367 g/mol. The number of hydrogen-bond acceptors (Lipinski definition) is 6. The molecule has 0 unspecified atom stereocenters. The second-order valence-corrected chi connectivity index (χ2v) is 8.46. The Balaban J connectivity index is 1.59. The number of fused-ring (bicyclic) bond motifs is 1. The fourth-order valence-electron chi connectivity index (χ4n) is 3.27.